The van der Waals surface area contributed by atoms with Crippen molar-refractivity contribution < 1.29 is 32.3 Å². The molecule has 2 saturated heterocycles. The second-order valence-electron chi connectivity index (χ2n) is 7.05. The molecule has 166 valence electrons. The number of nitrogens with zero attached hydrogens (tertiary/aromatic N) is 4. The predicted molar refractivity (Wildman–Crippen MR) is 104 cm³/mol. The van der Waals surface area contributed by atoms with Crippen molar-refractivity contribution >= 4 is 38.9 Å². The molecule has 6 atom stereocenters. The summed E-state index contributed by atoms with van der Waals surface area (Å²) in [4.78, 5) is 8.24. The van der Waals surface area contributed by atoms with Crippen LogP contribution in [0.4, 0.5) is 5.82 Å². The van der Waals surface area contributed by atoms with Gasteiger partial charge >= 0.3 is 10.3 Å². The van der Waals surface area contributed by atoms with Crippen LogP contribution >= 0.6 is 11.8 Å². The third kappa shape index (κ3) is 4.11. The molecular weight excluding hydrogens is 440 g/mol. The Morgan fingerprint density at radius 2 is 2.13 bits per heavy atom. The van der Waals surface area contributed by atoms with Crippen molar-refractivity contribution in [1.29, 1.82) is 0 Å². The van der Waals surface area contributed by atoms with Gasteiger partial charge in [0.15, 0.2) is 11.9 Å². The third-order valence-electron chi connectivity index (χ3n) is 5.03. The molecule has 0 aliphatic carbocycles. The smallest absolute Gasteiger partial charge is 0.333 e. The van der Waals surface area contributed by atoms with Crippen LogP contribution in [0.3, 0.4) is 0 Å². The standard InChI is InChI=1S/C15H22N6O7S2/c1-6-8(2-3-26-6)29-14-9-12(16)18-5-19-13(9)21(20-14)15-11(23)10(22)7(28-15)4-27-30(17,24)25/h5-8,10-11,15,22-23H,2-4H2,1H3,(H2,16,18,19)(H2,17,24,25)/t6-,7-,8+,10-,11-,15-/m1/s1. The maximum absolute atomic E-state index is 11.0. The van der Waals surface area contributed by atoms with Gasteiger partial charge in [-0.1, -0.05) is 11.8 Å². The molecule has 4 rings (SSSR count). The SMILES string of the molecule is C[C@H]1OCC[C@@H]1Sc1nn([C@@H]2O[C@H](COS(N)(=O)=O)[C@@H](O)[C@H]2O)c2ncnc(N)c12. The minimum absolute atomic E-state index is 0.0240. The summed E-state index contributed by atoms with van der Waals surface area (Å²) in [7, 11) is -4.24. The summed E-state index contributed by atoms with van der Waals surface area (Å²) in [5.41, 5.74) is 6.37. The molecular formula is C15H22N6O7S2. The monoisotopic (exact) mass is 462 g/mol. The normalized spacial score (nSPS) is 32.3. The average Bonchev–Trinajstić information content (AvgIpc) is 3.32. The van der Waals surface area contributed by atoms with Gasteiger partial charge in [-0.15, -0.1) is 0 Å². The van der Waals surface area contributed by atoms with Crippen LogP contribution in [0.2, 0.25) is 0 Å². The minimum Gasteiger partial charge on any atom is -0.387 e. The van der Waals surface area contributed by atoms with Crippen molar-refractivity contribution in [2.24, 2.45) is 5.14 Å². The first-order valence-electron chi connectivity index (χ1n) is 9.11. The summed E-state index contributed by atoms with van der Waals surface area (Å²) in [6, 6.07) is 0. The lowest BCUT2D eigenvalue weighted by Crippen LogP contribution is -2.35. The molecule has 0 aromatic carbocycles. The number of fused-ring (bicyclic) bond motifs is 1. The van der Waals surface area contributed by atoms with Gasteiger partial charge in [-0.25, -0.2) is 19.8 Å². The highest BCUT2D eigenvalue weighted by molar-refractivity contribution is 8.00. The van der Waals surface area contributed by atoms with E-state index < -0.39 is 41.5 Å². The van der Waals surface area contributed by atoms with E-state index >= 15 is 0 Å². The number of aliphatic hydroxyl groups excluding tert-OH is 2. The quantitative estimate of drug-likeness (QED) is 0.389. The summed E-state index contributed by atoms with van der Waals surface area (Å²) in [5, 5.41) is 31.3. The van der Waals surface area contributed by atoms with Crippen LogP contribution in [-0.2, 0) is 24.0 Å². The zero-order valence-corrected chi connectivity index (χ0v) is 17.5. The van der Waals surface area contributed by atoms with Gasteiger partial charge in [-0.3, -0.25) is 4.18 Å². The van der Waals surface area contributed by atoms with Crippen LogP contribution in [0.25, 0.3) is 11.0 Å². The second kappa shape index (κ2) is 8.16. The van der Waals surface area contributed by atoms with E-state index in [2.05, 4.69) is 19.2 Å². The number of aromatic nitrogens is 4. The van der Waals surface area contributed by atoms with Gasteiger partial charge in [0.25, 0.3) is 0 Å². The number of ether oxygens (including phenoxy) is 2. The minimum atomic E-state index is -4.24. The largest absolute Gasteiger partial charge is 0.387 e. The van der Waals surface area contributed by atoms with Gasteiger partial charge in [0.2, 0.25) is 0 Å². The Balaban J connectivity index is 1.66. The number of hydrogen-bond acceptors (Lipinski definition) is 12. The summed E-state index contributed by atoms with van der Waals surface area (Å²) in [6.45, 7) is 2.05. The van der Waals surface area contributed by atoms with E-state index in [0.29, 0.717) is 22.7 Å². The molecule has 13 nitrogen and oxygen atoms in total. The van der Waals surface area contributed by atoms with E-state index in [9.17, 15) is 18.6 Å². The Labute approximate surface area is 175 Å². The lowest BCUT2D eigenvalue weighted by molar-refractivity contribution is -0.0532. The molecule has 6 N–H and O–H groups in total. The average molecular weight is 463 g/mol. The van der Waals surface area contributed by atoms with Crippen molar-refractivity contribution in [3.63, 3.8) is 0 Å². The Morgan fingerprint density at radius 3 is 2.80 bits per heavy atom. The van der Waals surface area contributed by atoms with Gasteiger partial charge in [0, 0.05) is 11.9 Å². The molecule has 30 heavy (non-hydrogen) atoms. The van der Waals surface area contributed by atoms with Crippen LogP contribution in [0, 0.1) is 0 Å². The van der Waals surface area contributed by atoms with E-state index in [1.54, 1.807) is 0 Å². The summed E-state index contributed by atoms with van der Waals surface area (Å²) < 4.78 is 39.1. The van der Waals surface area contributed by atoms with Crippen molar-refractivity contribution in [2.45, 2.75) is 54.3 Å². The first-order valence-corrected chi connectivity index (χ1v) is 11.5. The molecule has 2 aromatic heterocycles. The molecule has 0 unspecified atom stereocenters. The molecule has 2 aromatic rings. The van der Waals surface area contributed by atoms with E-state index in [1.807, 2.05) is 6.92 Å². The number of rotatable bonds is 6. The highest BCUT2D eigenvalue weighted by atomic mass is 32.2. The highest BCUT2D eigenvalue weighted by Crippen LogP contribution is 2.39. The molecule has 2 fully saturated rings. The Bertz CT molecular complexity index is 1030. The zero-order chi connectivity index (χ0) is 21.6. The second-order valence-corrected chi connectivity index (χ2v) is 9.50. The first-order chi connectivity index (χ1) is 14.2. The van der Waals surface area contributed by atoms with Gasteiger partial charge in [-0.2, -0.15) is 13.5 Å². The maximum atomic E-state index is 11.0. The molecule has 0 saturated carbocycles. The van der Waals surface area contributed by atoms with Gasteiger partial charge in [-0.05, 0) is 13.3 Å². The molecule has 2 aliphatic rings. The maximum Gasteiger partial charge on any atom is 0.333 e. The van der Waals surface area contributed by atoms with Crippen LogP contribution in [0.15, 0.2) is 11.4 Å². The number of aliphatic hydroxyl groups is 2. The van der Waals surface area contributed by atoms with Crippen molar-refractivity contribution in [3.8, 4) is 0 Å². The summed E-state index contributed by atoms with van der Waals surface area (Å²) in [5.74, 6) is 0.211. The fourth-order valence-corrected chi connectivity index (χ4v) is 5.01. The third-order valence-corrected chi connectivity index (χ3v) is 6.93. The summed E-state index contributed by atoms with van der Waals surface area (Å²) >= 11 is 1.46. The molecule has 2 aliphatic heterocycles. The van der Waals surface area contributed by atoms with Crippen molar-refractivity contribution in [1.82, 2.24) is 19.7 Å². The van der Waals surface area contributed by atoms with Crippen LogP contribution < -0.4 is 10.9 Å². The molecule has 15 heteroatoms. The molecule has 0 spiro atoms. The van der Waals surface area contributed by atoms with Crippen LogP contribution in [-0.4, -0.2) is 81.3 Å². The molecule has 0 amide bonds. The van der Waals surface area contributed by atoms with Gasteiger partial charge in [0.05, 0.1) is 18.1 Å². The Morgan fingerprint density at radius 1 is 1.37 bits per heavy atom. The molecule has 0 bridgehead atoms. The van der Waals surface area contributed by atoms with Gasteiger partial charge in [0.1, 0.15) is 35.5 Å². The predicted octanol–water partition coefficient (Wildman–Crippen LogP) is -1.48. The summed E-state index contributed by atoms with van der Waals surface area (Å²) in [6.07, 6.45) is -3.05. The highest BCUT2D eigenvalue weighted by Gasteiger charge is 2.46. The van der Waals surface area contributed by atoms with E-state index in [0.717, 1.165) is 6.42 Å². The van der Waals surface area contributed by atoms with Crippen LogP contribution in [0.1, 0.15) is 19.6 Å². The lowest BCUT2D eigenvalue weighted by atomic mass is 10.1. The molecule has 4 heterocycles. The topological polar surface area (TPSA) is 198 Å². The Kier molecular flexibility index (Phi) is 5.88. The fraction of sp³-hybridized carbons (Fsp3) is 0.667. The first kappa shape index (κ1) is 21.6. The number of thioether (sulfide) groups is 1. The fourth-order valence-electron chi connectivity index (χ4n) is 3.46. The van der Waals surface area contributed by atoms with E-state index in [-0.39, 0.29) is 17.2 Å². The number of hydrogen-bond donors (Lipinski definition) is 4. The number of nitrogens with two attached hydrogens (primary N) is 2. The number of nitrogen functional groups attached to an aromatic ring is 1. The Hall–Kier alpha value is -1.59. The number of anilines is 1. The lowest BCUT2D eigenvalue weighted by Gasteiger charge is -2.15. The van der Waals surface area contributed by atoms with Crippen molar-refractivity contribution in [2.75, 3.05) is 18.9 Å². The van der Waals surface area contributed by atoms with E-state index in [4.69, 9.17) is 20.3 Å². The van der Waals surface area contributed by atoms with Gasteiger partial charge < -0.3 is 25.4 Å². The zero-order valence-electron chi connectivity index (χ0n) is 15.9. The van der Waals surface area contributed by atoms with E-state index in [1.165, 1.54) is 22.8 Å². The van der Waals surface area contributed by atoms with Crippen LogP contribution in [0.5, 0.6) is 0 Å². The molecule has 0 radical (unpaired) electrons. The van der Waals surface area contributed by atoms with Crippen molar-refractivity contribution in [3.05, 3.63) is 6.33 Å².